The molecule has 0 bridgehead atoms. The van der Waals surface area contributed by atoms with E-state index < -0.39 is 5.60 Å². The van der Waals surface area contributed by atoms with Crippen molar-refractivity contribution in [3.05, 3.63) is 29.8 Å². The first-order chi connectivity index (χ1) is 10.9. The molecule has 1 N–H and O–H groups in total. The third-order valence-electron chi connectivity index (χ3n) is 4.78. The van der Waals surface area contributed by atoms with Gasteiger partial charge in [0.2, 0.25) is 0 Å². The lowest BCUT2D eigenvalue weighted by Crippen LogP contribution is -2.62. The van der Waals surface area contributed by atoms with Gasteiger partial charge in [-0.15, -0.1) is 0 Å². The Morgan fingerprint density at radius 3 is 1.83 bits per heavy atom. The van der Waals surface area contributed by atoms with Gasteiger partial charge in [-0.1, -0.05) is 32.9 Å². The molecule has 0 aromatic heterocycles. The molecule has 2 rings (SSSR count). The summed E-state index contributed by atoms with van der Waals surface area (Å²) in [5.74, 6) is -0.190. The van der Waals surface area contributed by atoms with Crippen molar-refractivity contribution in [3.63, 3.8) is 0 Å². The first-order valence-corrected chi connectivity index (χ1v) is 8.82. The highest BCUT2D eigenvalue weighted by Gasteiger charge is 2.38. The standard InChI is InChI=1S/C20H32N2O2/c1-14-12-21(13-15(2)22(14)18(23)20(6,7)24)17-10-8-16(9-11-17)19(3,4)5/h8-11,14-15,24H,12-13H2,1-7H3/t14-,15+. The summed E-state index contributed by atoms with van der Waals surface area (Å²) in [6.07, 6.45) is 0. The van der Waals surface area contributed by atoms with E-state index in [1.165, 1.54) is 11.3 Å². The maximum absolute atomic E-state index is 12.5. The first-order valence-electron chi connectivity index (χ1n) is 8.82. The largest absolute Gasteiger partial charge is 0.381 e. The van der Waals surface area contributed by atoms with Crippen LogP contribution >= 0.6 is 0 Å². The van der Waals surface area contributed by atoms with Gasteiger partial charge in [-0.05, 0) is 50.8 Å². The van der Waals surface area contributed by atoms with Crippen LogP contribution in [0.25, 0.3) is 0 Å². The van der Waals surface area contributed by atoms with Crippen molar-refractivity contribution >= 4 is 11.6 Å². The average Bonchev–Trinajstić information content (AvgIpc) is 2.44. The van der Waals surface area contributed by atoms with E-state index in [1.54, 1.807) is 13.8 Å². The molecular formula is C20H32N2O2. The molecule has 1 saturated heterocycles. The van der Waals surface area contributed by atoms with Crippen molar-refractivity contribution in [3.8, 4) is 0 Å². The van der Waals surface area contributed by atoms with Crippen molar-refractivity contribution in [2.75, 3.05) is 18.0 Å². The van der Waals surface area contributed by atoms with Gasteiger partial charge in [0.25, 0.3) is 5.91 Å². The second-order valence-electron chi connectivity index (χ2n) is 8.67. The zero-order chi connectivity index (χ0) is 18.3. The summed E-state index contributed by atoms with van der Waals surface area (Å²) in [6, 6.07) is 8.86. The van der Waals surface area contributed by atoms with E-state index in [-0.39, 0.29) is 23.4 Å². The third-order valence-corrected chi connectivity index (χ3v) is 4.78. The van der Waals surface area contributed by atoms with Crippen LogP contribution in [0.3, 0.4) is 0 Å². The number of carbonyl (C=O) groups is 1. The molecule has 0 unspecified atom stereocenters. The average molecular weight is 332 g/mol. The SMILES string of the molecule is C[C@@H]1CN(c2ccc(C(C)(C)C)cc2)C[C@H](C)N1C(=O)C(C)(C)O. The summed E-state index contributed by atoms with van der Waals surface area (Å²) < 4.78 is 0. The van der Waals surface area contributed by atoms with E-state index in [1.807, 2.05) is 4.90 Å². The van der Waals surface area contributed by atoms with Crippen LogP contribution in [0.2, 0.25) is 0 Å². The zero-order valence-electron chi connectivity index (χ0n) is 16.1. The highest BCUT2D eigenvalue weighted by Crippen LogP contribution is 2.28. The van der Waals surface area contributed by atoms with E-state index >= 15 is 0 Å². The molecule has 1 aromatic carbocycles. The van der Waals surface area contributed by atoms with Gasteiger partial charge in [0, 0.05) is 30.9 Å². The molecule has 134 valence electrons. The molecule has 1 heterocycles. The van der Waals surface area contributed by atoms with Gasteiger partial charge in [0.1, 0.15) is 5.60 Å². The smallest absolute Gasteiger partial charge is 0.254 e. The molecule has 1 aliphatic rings. The number of amides is 1. The minimum atomic E-state index is -1.32. The lowest BCUT2D eigenvalue weighted by molar-refractivity contribution is -0.153. The summed E-state index contributed by atoms with van der Waals surface area (Å²) in [6.45, 7) is 15.4. The van der Waals surface area contributed by atoms with Gasteiger partial charge in [0.05, 0.1) is 0 Å². The lowest BCUT2D eigenvalue weighted by Gasteiger charge is -2.47. The lowest BCUT2D eigenvalue weighted by atomic mass is 9.87. The van der Waals surface area contributed by atoms with Crippen molar-refractivity contribution < 1.29 is 9.90 Å². The van der Waals surface area contributed by atoms with Crippen molar-refractivity contribution in [1.82, 2.24) is 4.90 Å². The Labute approximate surface area is 146 Å². The highest BCUT2D eigenvalue weighted by atomic mass is 16.3. The second-order valence-corrected chi connectivity index (χ2v) is 8.67. The quantitative estimate of drug-likeness (QED) is 0.904. The normalized spacial score (nSPS) is 22.7. The maximum atomic E-state index is 12.5. The van der Waals surface area contributed by atoms with Gasteiger partial charge in [-0.25, -0.2) is 0 Å². The second kappa shape index (κ2) is 6.40. The van der Waals surface area contributed by atoms with E-state index in [0.717, 1.165) is 13.1 Å². The Kier molecular flexibility index (Phi) is 5.01. The zero-order valence-corrected chi connectivity index (χ0v) is 16.1. The van der Waals surface area contributed by atoms with Crippen molar-refractivity contribution in [2.24, 2.45) is 0 Å². The van der Waals surface area contributed by atoms with E-state index in [2.05, 4.69) is 63.8 Å². The summed E-state index contributed by atoms with van der Waals surface area (Å²) in [5, 5.41) is 10.1. The molecule has 1 aliphatic heterocycles. The molecule has 1 amide bonds. The molecule has 2 atom stereocenters. The number of anilines is 1. The fraction of sp³-hybridized carbons (Fsp3) is 0.650. The Balaban J connectivity index is 2.15. The number of hydrogen-bond acceptors (Lipinski definition) is 3. The van der Waals surface area contributed by atoms with Crippen LogP contribution in [0, 0.1) is 0 Å². The van der Waals surface area contributed by atoms with Crippen LogP contribution in [-0.2, 0) is 10.2 Å². The van der Waals surface area contributed by atoms with Crippen LogP contribution in [0.1, 0.15) is 54.0 Å². The predicted molar refractivity (Wildman–Crippen MR) is 99.4 cm³/mol. The van der Waals surface area contributed by atoms with Gasteiger partial charge in [0.15, 0.2) is 0 Å². The van der Waals surface area contributed by atoms with Crippen LogP contribution in [0.15, 0.2) is 24.3 Å². The van der Waals surface area contributed by atoms with Crippen LogP contribution in [-0.4, -0.2) is 46.7 Å². The van der Waals surface area contributed by atoms with E-state index in [0.29, 0.717) is 0 Å². The predicted octanol–water partition coefficient (Wildman–Crippen LogP) is 3.18. The Bertz CT molecular complexity index is 569. The number of rotatable bonds is 2. The van der Waals surface area contributed by atoms with Gasteiger partial charge >= 0.3 is 0 Å². The molecule has 0 spiro atoms. The van der Waals surface area contributed by atoms with Crippen molar-refractivity contribution in [2.45, 2.75) is 71.6 Å². The van der Waals surface area contributed by atoms with Crippen molar-refractivity contribution in [1.29, 1.82) is 0 Å². The summed E-state index contributed by atoms with van der Waals surface area (Å²) in [5.41, 5.74) is 1.34. The Morgan fingerprint density at radius 1 is 1.00 bits per heavy atom. The van der Waals surface area contributed by atoms with Crippen LogP contribution < -0.4 is 4.90 Å². The highest BCUT2D eigenvalue weighted by molar-refractivity contribution is 5.85. The number of carbonyl (C=O) groups excluding carboxylic acids is 1. The Hall–Kier alpha value is -1.55. The molecule has 0 aliphatic carbocycles. The molecular weight excluding hydrogens is 300 g/mol. The summed E-state index contributed by atoms with van der Waals surface area (Å²) in [7, 11) is 0. The number of nitrogens with zero attached hydrogens (tertiary/aromatic N) is 2. The fourth-order valence-corrected chi connectivity index (χ4v) is 3.42. The number of hydrogen-bond donors (Lipinski definition) is 1. The summed E-state index contributed by atoms with van der Waals surface area (Å²) >= 11 is 0. The maximum Gasteiger partial charge on any atom is 0.254 e. The van der Waals surface area contributed by atoms with Crippen LogP contribution in [0.5, 0.6) is 0 Å². The van der Waals surface area contributed by atoms with Gasteiger partial charge in [-0.3, -0.25) is 4.79 Å². The number of aliphatic hydroxyl groups is 1. The van der Waals surface area contributed by atoms with E-state index in [9.17, 15) is 9.90 Å². The Morgan fingerprint density at radius 2 is 1.46 bits per heavy atom. The molecule has 0 radical (unpaired) electrons. The minimum Gasteiger partial charge on any atom is -0.381 e. The molecule has 4 heteroatoms. The molecule has 1 fully saturated rings. The topological polar surface area (TPSA) is 43.8 Å². The van der Waals surface area contributed by atoms with Gasteiger partial charge in [-0.2, -0.15) is 0 Å². The fourth-order valence-electron chi connectivity index (χ4n) is 3.42. The third kappa shape index (κ3) is 3.92. The number of piperazine rings is 1. The molecule has 0 saturated carbocycles. The molecule has 4 nitrogen and oxygen atoms in total. The monoisotopic (exact) mass is 332 g/mol. The summed E-state index contributed by atoms with van der Waals surface area (Å²) in [4.78, 5) is 16.7. The first kappa shape index (κ1) is 18.8. The molecule has 24 heavy (non-hydrogen) atoms. The van der Waals surface area contributed by atoms with E-state index in [4.69, 9.17) is 0 Å². The van der Waals surface area contributed by atoms with Crippen LogP contribution in [0.4, 0.5) is 5.69 Å². The molecule has 1 aromatic rings. The number of benzene rings is 1. The minimum absolute atomic E-state index is 0.0648. The van der Waals surface area contributed by atoms with Gasteiger partial charge < -0.3 is 14.9 Å².